The van der Waals surface area contributed by atoms with E-state index in [0.717, 1.165) is 12.0 Å². The van der Waals surface area contributed by atoms with Crippen LogP contribution in [-0.4, -0.2) is 37.1 Å². The summed E-state index contributed by atoms with van der Waals surface area (Å²) in [6.07, 6.45) is 10.8. The van der Waals surface area contributed by atoms with E-state index in [1.807, 2.05) is 0 Å². The van der Waals surface area contributed by atoms with Gasteiger partial charge in [-0.25, -0.2) is 0 Å². The molecule has 19 heavy (non-hydrogen) atoms. The number of rotatable bonds is 8. The highest BCUT2D eigenvalue weighted by Crippen LogP contribution is 2.35. The van der Waals surface area contributed by atoms with Crippen molar-refractivity contribution in [1.82, 2.24) is 10.2 Å². The van der Waals surface area contributed by atoms with E-state index in [1.165, 1.54) is 57.9 Å². The molecule has 1 aliphatic rings. The fourth-order valence-electron chi connectivity index (χ4n) is 3.74. The monoisotopic (exact) mass is 268 g/mol. The maximum atomic E-state index is 3.89. The van der Waals surface area contributed by atoms with Crippen molar-refractivity contribution in [3.05, 3.63) is 0 Å². The lowest BCUT2D eigenvalue weighted by atomic mass is 9.75. The maximum Gasteiger partial charge on any atom is 0.0330 e. The number of nitrogens with zero attached hydrogens (tertiary/aromatic N) is 1. The second kappa shape index (κ2) is 8.26. The van der Waals surface area contributed by atoms with Crippen molar-refractivity contribution in [3.8, 4) is 0 Å². The second-order valence-electron chi connectivity index (χ2n) is 6.98. The van der Waals surface area contributed by atoms with Crippen LogP contribution in [0.4, 0.5) is 0 Å². The van der Waals surface area contributed by atoms with Crippen molar-refractivity contribution in [1.29, 1.82) is 0 Å². The third-order valence-corrected chi connectivity index (χ3v) is 5.01. The van der Waals surface area contributed by atoms with Crippen LogP contribution >= 0.6 is 0 Å². The number of hydrogen-bond acceptors (Lipinski definition) is 2. The van der Waals surface area contributed by atoms with Gasteiger partial charge in [-0.2, -0.15) is 0 Å². The highest BCUT2D eigenvalue weighted by molar-refractivity contribution is 4.95. The van der Waals surface area contributed by atoms with Crippen molar-refractivity contribution < 1.29 is 0 Å². The van der Waals surface area contributed by atoms with Crippen LogP contribution < -0.4 is 5.32 Å². The summed E-state index contributed by atoms with van der Waals surface area (Å²) in [6.45, 7) is 8.20. The van der Waals surface area contributed by atoms with Gasteiger partial charge in [0.1, 0.15) is 0 Å². The Bertz CT molecular complexity index is 233. The van der Waals surface area contributed by atoms with Gasteiger partial charge in [-0.1, -0.05) is 46.5 Å². The van der Waals surface area contributed by atoms with Crippen LogP contribution in [0.1, 0.15) is 72.1 Å². The number of hydrogen-bond donors (Lipinski definition) is 1. The molecule has 1 saturated carbocycles. The first-order chi connectivity index (χ1) is 9.04. The molecule has 0 bridgehead atoms. The van der Waals surface area contributed by atoms with Crippen LogP contribution in [0.15, 0.2) is 0 Å². The normalized spacial score (nSPS) is 28.3. The Morgan fingerprint density at radius 2 is 1.84 bits per heavy atom. The zero-order valence-electron chi connectivity index (χ0n) is 14.0. The van der Waals surface area contributed by atoms with Gasteiger partial charge in [0, 0.05) is 18.1 Å². The van der Waals surface area contributed by atoms with E-state index in [9.17, 15) is 0 Å². The highest BCUT2D eigenvalue weighted by atomic mass is 15.2. The summed E-state index contributed by atoms with van der Waals surface area (Å²) in [5.41, 5.74) is 0.400. The molecule has 0 aromatic heterocycles. The van der Waals surface area contributed by atoms with Gasteiger partial charge < -0.3 is 10.2 Å². The van der Waals surface area contributed by atoms with Gasteiger partial charge in [-0.05, 0) is 45.7 Å². The molecule has 1 fully saturated rings. The minimum atomic E-state index is 0.400. The molecule has 0 heterocycles. The van der Waals surface area contributed by atoms with E-state index in [-0.39, 0.29) is 0 Å². The lowest BCUT2D eigenvalue weighted by Crippen LogP contribution is -2.55. The largest absolute Gasteiger partial charge is 0.312 e. The molecule has 1 N–H and O–H groups in total. The minimum Gasteiger partial charge on any atom is -0.312 e. The van der Waals surface area contributed by atoms with Gasteiger partial charge in [0.05, 0.1) is 0 Å². The standard InChI is InChI=1S/C17H36N2/c1-6-9-16(10-7-2)18-14-17(19(4)5)12-8-11-15(3)13-17/h15-16,18H,6-14H2,1-5H3. The summed E-state index contributed by atoms with van der Waals surface area (Å²) < 4.78 is 0. The summed E-state index contributed by atoms with van der Waals surface area (Å²) in [6, 6.07) is 0.726. The first-order valence-electron chi connectivity index (χ1n) is 8.45. The Morgan fingerprint density at radius 1 is 1.21 bits per heavy atom. The van der Waals surface area contributed by atoms with E-state index >= 15 is 0 Å². The van der Waals surface area contributed by atoms with Crippen molar-refractivity contribution in [2.24, 2.45) is 5.92 Å². The molecule has 0 saturated heterocycles. The predicted molar refractivity (Wildman–Crippen MR) is 85.7 cm³/mol. The van der Waals surface area contributed by atoms with Gasteiger partial charge in [-0.3, -0.25) is 0 Å². The van der Waals surface area contributed by atoms with Gasteiger partial charge in [0.25, 0.3) is 0 Å². The molecule has 0 amide bonds. The Labute approximate surface area is 121 Å². The Kier molecular flexibility index (Phi) is 7.38. The van der Waals surface area contributed by atoms with Crippen LogP contribution in [0.25, 0.3) is 0 Å². The predicted octanol–water partition coefficient (Wildman–Crippen LogP) is 4.06. The van der Waals surface area contributed by atoms with Crippen molar-refractivity contribution in [2.75, 3.05) is 20.6 Å². The zero-order chi connectivity index (χ0) is 14.3. The van der Waals surface area contributed by atoms with Gasteiger partial charge in [-0.15, -0.1) is 0 Å². The maximum absolute atomic E-state index is 3.89. The summed E-state index contributed by atoms with van der Waals surface area (Å²) in [5, 5.41) is 3.89. The summed E-state index contributed by atoms with van der Waals surface area (Å²) in [4.78, 5) is 2.49. The Balaban J connectivity index is 2.57. The topological polar surface area (TPSA) is 15.3 Å². The first-order valence-corrected chi connectivity index (χ1v) is 8.45. The quantitative estimate of drug-likeness (QED) is 0.714. The summed E-state index contributed by atoms with van der Waals surface area (Å²) in [5.74, 6) is 0.883. The molecule has 0 aromatic carbocycles. The second-order valence-corrected chi connectivity index (χ2v) is 6.98. The van der Waals surface area contributed by atoms with Gasteiger partial charge in [0.2, 0.25) is 0 Å². The molecule has 1 aliphatic carbocycles. The van der Waals surface area contributed by atoms with Gasteiger partial charge in [0.15, 0.2) is 0 Å². The van der Waals surface area contributed by atoms with Gasteiger partial charge >= 0.3 is 0 Å². The van der Waals surface area contributed by atoms with E-state index in [1.54, 1.807) is 0 Å². The lowest BCUT2D eigenvalue weighted by Gasteiger charge is -2.46. The van der Waals surface area contributed by atoms with Crippen LogP contribution in [0.5, 0.6) is 0 Å². The molecule has 0 spiro atoms. The molecule has 2 nitrogen and oxygen atoms in total. The Hall–Kier alpha value is -0.0800. The van der Waals surface area contributed by atoms with E-state index in [0.29, 0.717) is 5.54 Å². The third kappa shape index (κ3) is 5.07. The fraction of sp³-hybridized carbons (Fsp3) is 1.00. The first kappa shape index (κ1) is 17.0. The average molecular weight is 268 g/mol. The molecule has 0 aromatic rings. The summed E-state index contributed by atoms with van der Waals surface area (Å²) >= 11 is 0. The van der Waals surface area contributed by atoms with Crippen molar-refractivity contribution in [2.45, 2.75) is 83.7 Å². The molecule has 2 atom stereocenters. The van der Waals surface area contributed by atoms with Crippen molar-refractivity contribution in [3.63, 3.8) is 0 Å². The number of likely N-dealkylation sites (N-methyl/N-ethyl adjacent to an activating group) is 1. The van der Waals surface area contributed by atoms with Crippen LogP contribution in [0.2, 0.25) is 0 Å². The minimum absolute atomic E-state index is 0.400. The highest BCUT2D eigenvalue weighted by Gasteiger charge is 2.36. The van der Waals surface area contributed by atoms with E-state index < -0.39 is 0 Å². The Morgan fingerprint density at radius 3 is 2.32 bits per heavy atom. The molecular formula is C17H36N2. The molecule has 0 aliphatic heterocycles. The average Bonchev–Trinajstić information content (AvgIpc) is 2.36. The van der Waals surface area contributed by atoms with E-state index in [4.69, 9.17) is 0 Å². The summed E-state index contributed by atoms with van der Waals surface area (Å²) in [7, 11) is 4.54. The van der Waals surface area contributed by atoms with Crippen molar-refractivity contribution >= 4 is 0 Å². The smallest absolute Gasteiger partial charge is 0.0330 e. The molecule has 2 unspecified atom stereocenters. The molecule has 1 rings (SSSR count). The molecule has 114 valence electrons. The lowest BCUT2D eigenvalue weighted by molar-refractivity contribution is 0.0715. The van der Waals surface area contributed by atoms with E-state index in [2.05, 4.69) is 45.1 Å². The number of nitrogens with one attached hydrogen (secondary N) is 1. The van der Waals surface area contributed by atoms with Crippen LogP contribution in [-0.2, 0) is 0 Å². The SMILES string of the molecule is CCCC(CCC)NCC1(N(C)C)CCCC(C)C1. The molecule has 0 radical (unpaired) electrons. The fourth-order valence-corrected chi connectivity index (χ4v) is 3.74. The van der Waals surface area contributed by atoms with Crippen LogP contribution in [0, 0.1) is 5.92 Å². The molecular weight excluding hydrogens is 232 g/mol. The zero-order valence-corrected chi connectivity index (χ0v) is 14.0. The molecule has 2 heteroatoms. The third-order valence-electron chi connectivity index (χ3n) is 5.01. The van der Waals surface area contributed by atoms with Crippen LogP contribution in [0.3, 0.4) is 0 Å².